The Balaban J connectivity index is 2.66. The minimum atomic E-state index is -0.889. The monoisotopic (exact) mass is 266 g/mol. The third-order valence-corrected chi connectivity index (χ3v) is 2.68. The summed E-state index contributed by atoms with van der Waals surface area (Å²) in [7, 11) is 1.20. The van der Waals surface area contributed by atoms with Crippen LogP contribution in [0.2, 0.25) is 0 Å². The Morgan fingerprint density at radius 3 is 2.32 bits per heavy atom. The fraction of sp³-hybridized carbons (Fsp3) is 0.0714. The minimum Gasteiger partial charge on any atom is -0.493 e. The number of carbonyl (C=O) groups is 1. The Labute approximate surface area is 107 Å². The summed E-state index contributed by atoms with van der Waals surface area (Å²) in [6.45, 7) is 0. The summed E-state index contributed by atoms with van der Waals surface area (Å²) in [6.07, 6.45) is 0.437. The second-order valence-corrected chi connectivity index (χ2v) is 3.79. The van der Waals surface area contributed by atoms with E-state index in [0.29, 0.717) is 12.4 Å². The van der Waals surface area contributed by atoms with E-state index >= 15 is 0 Å². The first-order valence-corrected chi connectivity index (χ1v) is 5.35. The van der Waals surface area contributed by atoms with Crippen LogP contribution < -0.4 is 4.74 Å². The summed E-state index contributed by atoms with van der Waals surface area (Å²) >= 11 is 0. The van der Waals surface area contributed by atoms with Gasteiger partial charge in [-0.2, -0.15) is 0 Å². The van der Waals surface area contributed by atoms with Crippen molar-refractivity contribution in [3.8, 4) is 16.9 Å². The van der Waals surface area contributed by atoms with E-state index in [1.165, 1.54) is 19.2 Å². The van der Waals surface area contributed by atoms with E-state index in [0.717, 1.165) is 12.1 Å². The lowest BCUT2D eigenvalue weighted by molar-refractivity contribution is 0.112. The highest BCUT2D eigenvalue weighted by Crippen LogP contribution is 2.32. The van der Waals surface area contributed by atoms with Gasteiger partial charge in [-0.3, -0.25) is 4.79 Å². The number of benzene rings is 2. The standard InChI is InChI=1S/C14H9F3O2/c1-19-14-8(7-18)2-4-11(13(14)17)10-5-3-9(15)6-12(10)16/h2-7H,1H3. The van der Waals surface area contributed by atoms with Crippen molar-refractivity contribution >= 4 is 6.29 Å². The molecular weight excluding hydrogens is 257 g/mol. The normalized spacial score (nSPS) is 10.3. The lowest BCUT2D eigenvalue weighted by Crippen LogP contribution is -1.98. The van der Waals surface area contributed by atoms with Gasteiger partial charge in [-0.1, -0.05) is 6.07 Å². The van der Waals surface area contributed by atoms with Crippen molar-refractivity contribution in [3.63, 3.8) is 0 Å². The van der Waals surface area contributed by atoms with E-state index < -0.39 is 17.5 Å². The van der Waals surface area contributed by atoms with Gasteiger partial charge in [0.15, 0.2) is 17.9 Å². The number of hydrogen-bond donors (Lipinski definition) is 0. The Hall–Kier alpha value is -2.30. The third kappa shape index (κ3) is 2.31. The van der Waals surface area contributed by atoms with Gasteiger partial charge in [-0.15, -0.1) is 0 Å². The summed E-state index contributed by atoms with van der Waals surface area (Å²) in [4.78, 5) is 10.7. The zero-order valence-electron chi connectivity index (χ0n) is 9.91. The molecule has 2 rings (SSSR count). The molecule has 0 saturated carbocycles. The van der Waals surface area contributed by atoms with E-state index in [1.807, 2.05) is 0 Å². The molecule has 0 atom stereocenters. The molecule has 0 aliphatic rings. The van der Waals surface area contributed by atoms with Crippen LogP contribution in [-0.2, 0) is 0 Å². The molecule has 0 aliphatic carbocycles. The predicted molar refractivity (Wildman–Crippen MR) is 63.7 cm³/mol. The van der Waals surface area contributed by atoms with Gasteiger partial charge in [-0.25, -0.2) is 13.2 Å². The molecule has 0 saturated heterocycles. The van der Waals surface area contributed by atoms with Crippen LogP contribution >= 0.6 is 0 Å². The molecule has 0 spiro atoms. The van der Waals surface area contributed by atoms with Crippen molar-refractivity contribution in [1.82, 2.24) is 0 Å². The predicted octanol–water partition coefficient (Wildman–Crippen LogP) is 3.59. The quantitative estimate of drug-likeness (QED) is 0.793. The number of aldehydes is 1. The summed E-state index contributed by atoms with van der Waals surface area (Å²) in [6, 6.07) is 5.38. The van der Waals surface area contributed by atoms with Gasteiger partial charge < -0.3 is 4.74 Å². The molecule has 2 nitrogen and oxygen atoms in total. The summed E-state index contributed by atoms with van der Waals surface area (Å²) in [5, 5.41) is 0. The topological polar surface area (TPSA) is 26.3 Å². The lowest BCUT2D eigenvalue weighted by atomic mass is 10.0. The first kappa shape index (κ1) is 13.1. The maximum atomic E-state index is 14.1. The molecule has 0 radical (unpaired) electrons. The molecule has 0 aliphatic heterocycles. The van der Waals surface area contributed by atoms with Crippen LogP contribution in [0.4, 0.5) is 13.2 Å². The van der Waals surface area contributed by atoms with E-state index in [-0.39, 0.29) is 22.4 Å². The Kier molecular flexibility index (Phi) is 3.55. The van der Waals surface area contributed by atoms with Crippen molar-refractivity contribution in [1.29, 1.82) is 0 Å². The van der Waals surface area contributed by atoms with E-state index in [1.54, 1.807) is 0 Å². The molecule has 0 aromatic heterocycles. The van der Waals surface area contributed by atoms with Gasteiger partial charge in [0, 0.05) is 17.2 Å². The number of ether oxygens (including phenoxy) is 1. The van der Waals surface area contributed by atoms with Crippen molar-refractivity contribution < 1.29 is 22.7 Å². The Bertz CT molecular complexity index is 639. The molecule has 0 bridgehead atoms. The SMILES string of the molecule is COc1c(C=O)ccc(-c2ccc(F)cc2F)c1F. The van der Waals surface area contributed by atoms with E-state index in [4.69, 9.17) is 4.74 Å². The Morgan fingerprint density at radius 2 is 1.74 bits per heavy atom. The smallest absolute Gasteiger partial charge is 0.173 e. The van der Waals surface area contributed by atoms with Crippen LogP contribution in [0.1, 0.15) is 10.4 Å². The summed E-state index contributed by atoms with van der Waals surface area (Å²) < 4.78 is 45.4. The highest BCUT2D eigenvalue weighted by molar-refractivity contribution is 5.82. The summed E-state index contributed by atoms with van der Waals surface area (Å²) in [5.74, 6) is -2.77. The van der Waals surface area contributed by atoms with Crippen LogP contribution in [0, 0.1) is 17.5 Å². The second kappa shape index (κ2) is 5.14. The van der Waals surface area contributed by atoms with E-state index in [2.05, 4.69) is 0 Å². The lowest BCUT2D eigenvalue weighted by Gasteiger charge is -2.10. The van der Waals surface area contributed by atoms with Crippen LogP contribution in [0.3, 0.4) is 0 Å². The van der Waals surface area contributed by atoms with Crippen LogP contribution in [0.5, 0.6) is 5.75 Å². The fourth-order valence-electron chi connectivity index (χ4n) is 1.79. The number of halogens is 3. The first-order valence-electron chi connectivity index (χ1n) is 5.35. The van der Waals surface area contributed by atoms with Crippen LogP contribution in [0.15, 0.2) is 30.3 Å². The molecule has 0 unspecified atom stereocenters. The molecule has 0 fully saturated rings. The Morgan fingerprint density at radius 1 is 1.05 bits per heavy atom. The van der Waals surface area contributed by atoms with Crippen molar-refractivity contribution in [2.75, 3.05) is 7.11 Å². The molecule has 0 heterocycles. The highest BCUT2D eigenvalue weighted by Gasteiger charge is 2.17. The fourth-order valence-corrected chi connectivity index (χ4v) is 1.79. The number of methoxy groups -OCH3 is 1. The van der Waals surface area contributed by atoms with Gasteiger partial charge in [-0.05, 0) is 18.2 Å². The molecule has 0 N–H and O–H groups in total. The van der Waals surface area contributed by atoms with Crippen LogP contribution in [0.25, 0.3) is 11.1 Å². The highest BCUT2D eigenvalue weighted by atomic mass is 19.1. The molecule has 2 aromatic rings. The number of carbonyl (C=O) groups excluding carboxylic acids is 1. The average molecular weight is 266 g/mol. The average Bonchev–Trinajstić information content (AvgIpc) is 2.39. The zero-order chi connectivity index (χ0) is 14.0. The zero-order valence-corrected chi connectivity index (χ0v) is 9.91. The molecule has 98 valence electrons. The second-order valence-electron chi connectivity index (χ2n) is 3.79. The van der Waals surface area contributed by atoms with Gasteiger partial charge >= 0.3 is 0 Å². The molecule has 0 amide bonds. The van der Waals surface area contributed by atoms with Crippen LogP contribution in [-0.4, -0.2) is 13.4 Å². The first-order chi connectivity index (χ1) is 9.08. The van der Waals surface area contributed by atoms with Gasteiger partial charge in [0.25, 0.3) is 0 Å². The van der Waals surface area contributed by atoms with Gasteiger partial charge in [0.1, 0.15) is 11.6 Å². The van der Waals surface area contributed by atoms with Crippen molar-refractivity contribution in [2.24, 2.45) is 0 Å². The van der Waals surface area contributed by atoms with Crippen molar-refractivity contribution in [2.45, 2.75) is 0 Å². The maximum absolute atomic E-state index is 14.1. The van der Waals surface area contributed by atoms with Gasteiger partial charge in [0.05, 0.1) is 12.7 Å². The molecule has 2 aromatic carbocycles. The van der Waals surface area contributed by atoms with Crippen molar-refractivity contribution in [3.05, 3.63) is 53.3 Å². The maximum Gasteiger partial charge on any atom is 0.173 e. The number of rotatable bonds is 3. The molecular formula is C14H9F3O2. The van der Waals surface area contributed by atoms with E-state index in [9.17, 15) is 18.0 Å². The largest absolute Gasteiger partial charge is 0.493 e. The molecule has 5 heteroatoms. The third-order valence-electron chi connectivity index (χ3n) is 2.68. The number of hydrogen-bond acceptors (Lipinski definition) is 2. The summed E-state index contributed by atoms with van der Waals surface area (Å²) in [5.41, 5.74) is -0.180. The minimum absolute atomic E-state index is 0.0197. The van der Waals surface area contributed by atoms with Gasteiger partial charge in [0.2, 0.25) is 0 Å². The molecule has 19 heavy (non-hydrogen) atoms.